The van der Waals surface area contributed by atoms with E-state index in [-0.39, 0.29) is 38.0 Å². The molecule has 0 heterocycles. The van der Waals surface area contributed by atoms with Crippen molar-refractivity contribution in [3.63, 3.8) is 0 Å². The third-order valence-electron chi connectivity index (χ3n) is 9.24. The molecule has 0 aliphatic heterocycles. The van der Waals surface area contributed by atoms with Crippen molar-refractivity contribution in [2.75, 3.05) is 12.0 Å². The molecule has 1 aromatic rings. The SMILES string of the molecule is CSCC[C@H](NC(=O)[C@@H](NC(=O)[C@@H](N)CCC(=O)O)C(C)C)[C@@H](O)C[C@H](C(=O)N[C@@H](C)C(=O)N[C@@H](CCC(=O)O)C(=O)NC(Cc1ccccc1)C(=O)O)C(C)C. The summed E-state index contributed by atoms with van der Waals surface area (Å²) in [6, 6.07) is 1.33. The van der Waals surface area contributed by atoms with Crippen molar-refractivity contribution in [1.29, 1.82) is 0 Å². The van der Waals surface area contributed by atoms with Gasteiger partial charge in [-0.1, -0.05) is 58.0 Å². The van der Waals surface area contributed by atoms with Gasteiger partial charge in [0.15, 0.2) is 0 Å². The molecule has 19 heteroatoms. The van der Waals surface area contributed by atoms with Crippen LogP contribution in [0.4, 0.5) is 0 Å². The predicted molar refractivity (Wildman–Crippen MR) is 212 cm³/mol. The highest BCUT2D eigenvalue weighted by atomic mass is 32.2. The number of amides is 5. The second-order valence-electron chi connectivity index (χ2n) is 14.6. The molecular formula is C38H60N6O12S. The lowest BCUT2D eigenvalue weighted by molar-refractivity contribution is -0.143. The molecule has 5 amide bonds. The first-order valence-electron chi connectivity index (χ1n) is 18.8. The number of carbonyl (C=O) groups is 8. The van der Waals surface area contributed by atoms with Gasteiger partial charge in [-0.05, 0) is 62.0 Å². The van der Waals surface area contributed by atoms with E-state index in [1.54, 1.807) is 58.0 Å². The molecule has 0 bridgehead atoms. The molecule has 0 fully saturated rings. The van der Waals surface area contributed by atoms with Gasteiger partial charge in [-0.2, -0.15) is 11.8 Å². The zero-order valence-corrected chi connectivity index (χ0v) is 34.2. The third kappa shape index (κ3) is 18.8. The van der Waals surface area contributed by atoms with Crippen LogP contribution in [0.3, 0.4) is 0 Å². The Kier molecular flexibility index (Phi) is 22.5. The first-order chi connectivity index (χ1) is 26.7. The number of aliphatic carboxylic acids is 3. The Balaban J connectivity index is 3.08. The summed E-state index contributed by atoms with van der Waals surface area (Å²) >= 11 is 1.46. The number of carbonyl (C=O) groups excluding carboxylic acids is 5. The maximum atomic E-state index is 13.6. The van der Waals surface area contributed by atoms with E-state index in [2.05, 4.69) is 26.6 Å². The summed E-state index contributed by atoms with van der Waals surface area (Å²) in [5.41, 5.74) is 6.46. The predicted octanol–water partition coefficient (Wildman–Crippen LogP) is 0.247. The number of nitrogens with two attached hydrogens (primary N) is 1. The van der Waals surface area contributed by atoms with E-state index in [1.165, 1.54) is 18.7 Å². The minimum absolute atomic E-state index is 0.0714. The van der Waals surface area contributed by atoms with Crippen LogP contribution >= 0.6 is 11.8 Å². The number of nitrogens with one attached hydrogen (secondary N) is 5. The van der Waals surface area contributed by atoms with E-state index in [9.17, 15) is 53.7 Å². The summed E-state index contributed by atoms with van der Waals surface area (Å²) in [7, 11) is 0. The minimum atomic E-state index is -1.45. The standard InChI is InChI=1S/C38H60N6O12S/c1-20(2)24(19-29(45)26(16-17-57-6)41-37(54)32(21(3)4)44-35(52)25(39)12-14-30(46)47)34(51)40-22(5)33(50)42-27(13-15-31(48)49)36(53)43-28(38(55)56)18-23-10-8-7-9-11-23/h7-11,20-22,24-29,32,45H,12-19,39H2,1-6H3,(H,40,51)(H,41,54)(H,42,50)(H,43,53)(H,44,52)(H,46,47)(H,48,49)(H,55,56)/t22-,24-,25-,26-,27-,28?,29-,32-/m0/s1. The summed E-state index contributed by atoms with van der Waals surface area (Å²) in [6.45, 7) is 8.19. The Hall–Kier alpha value is -4.75. The lowest BCUT2D eigenvalue weighted by atomic mass is 9.86. The van der Waals surface area contributed by atoms with E-state index in [0.29, 0.717) is 17.7 Å². The average molecular weight is 825 g/mol. The van der Waals surface area contributed by atoms with Crippen molar-refractivity contribution in [1.82, 2.24) is 26.6 Å². The van der Waals surface area contributed by atoms with Crippen LogP contribution < -0.4 is 32.3 Å². The van der Waals surface area contributed by atoms with Crippen molar-refractivity contribution in [3.05, 3.63) is 35.9 Å². The van der Waals surface area contributed by atoms with E-state index < -0.39 is 108 Å². The Labute approximate surface area is 337 Å². The summed E-state index contributed by atoms with van der Waals surface area (Å²) < 4.78 is 0. The normalized spacial score (nSPS) is 15.5. The number of hydrogen-bond acceptors (Lipinski definition) is 11. The lowest BCUT2D eigenvalue weighted by Crippen LogP contribution is -2.57. The fourth-order valence-corrected chi connectivity index (χ4v) is 6.22. The molecule has 320 valence electrons. The summed E-state index contributed by atoms with van der Waals surface area (Å²) in [5.74, 6) is -8.56. The molecule has 0 aliphatic carbocycles. The smallest absolute Gasteiger partial charge is 0.326 e. The van der Waals surface area contributed by atoms with Crippen molar-refractivity contribution < 1.29 is 58.8 Å². The number of carboxylic acids is 3. The summed E-state index contributed by atoms with van der Waals surface area (Å²) in [6.07, 6.45) is -0.700. The molecule has 0 saturated carbocycles. The van der Waals surface area contributed by atoms with E-state index in [1.807, 2.05) is 6.26 Å². The maximum absolute atomic E-state index is 13.6. The largest absolute Gasteiger partial charge is 0.481 e. The van der Waals surface area contributed by atoms with Crippen molar-refractivity contribution >= 4 is 59.2 Å². The zero-order valence-electron chi connectivity index (χ0n) is 33.4. The second-order valence-corrected chi connectivity index (χ2v) is 15.6. The molecule has 1 unspecified atom stereocenters. The first-order valence-corrected chi connectivity index (χ1v) is 20.2. The molecule has 0 aliphatic rings. The molecule has 18 nitrogen and oxygen atoms in total. The van der Waals surface area contributed by atoms with Gasteiger partial charge in [-0.15, -0.1) is 0 Å². The molecule has 1 rings (SSSR count). The first kappa shape index (κ1) is 50.3. The summed E-state index contributed by atoms with van der Waals surface area (Å²) in [5, 5.41) is 52.1. The van der Waals surface area contributed by atoms with Gasteiger partial charge in [0.2, 0.25) is 29.5 Å². The molecule has 11 N–H and O–H groups in total. The molecule has 8 atom stereocenters. The Morgan fingerprint density at radius 1 is 0.667 bits per heavy atom. The Bertz CT molecular complexity index is 1510. The minimum Gasteiger partial charge on any atom is -0.481 e. The van der Waals surface area contributed by atoms with Gasteiger partial charge in [-0.3, -0.25) is 33.6 Å². The van der Waals surface area contributed by atoms with Crippen LogP contribution in [0.5, 0.6) is 0 Å². The van der Waals surface area contributed by atoms with Crippen molar-refractivity contribution in [2.45, 2.75) is 122 Å². The maximum Gasteiger partial charge on any atom is 0.326 e. The van der Waals surface area contributed by atoms with Crippen LogP contribution in [0.2, 0.25) is 0 Å². The Morgan fingerprint density at radius 2 is 1.25 bits per heavy atom. The van der Waals surface area contributed by atoms with Gasteiger partial charge in [0.05, 0.1) is 18.2 Å². The Morgan fingerprint density at radius 3 is 1.77 bits per heavy atom. The van der Waals surface area contributed by atoms with Crippen LogP contribution in [0, 0.1) is 17.8 Å². The monoisotopic (exact) mass is 824 g/mol. The van der Waals surface area contributed by atoms with Gasteiger partial charge in [0.25, 0.3) is 0 Å². The van der Waals surface area contributed by atoms with Crippen LogP contribution in [0.15, 0.2) is 30.3 Å². The highest BCUT2D eigenvalue weighted by molar-refractivity contribution is 7.98. The lowest BCUT2D eigenvalue weighted by Gasteiger charge is -2.31. The topological polar surface area (TPSA) is 304 Å². The van der Waals surface area contributed by atoms with E-state index in [4.69, 9.17) is 10.8 Å². The van der Waals surface area contributed by atoms with Gasteiger partial charge >= 0.3 is 17.9 Å². The number of thioether (sulfide) groups is 1. The number of aliphatic hydroxyl groups excluding tert-OH is 1. The van der Waals surface area contributed by atoms with Gasteiger partial charge in [0.1, 0.15) is 24.2 Å². The highest BCUT2D eigenvalue weighted by Crippen LogP contribution is 2.22. The molecule has 0 saturated heterocycles. The number of rotatable bonds is 27. The van der Waals surface area contributed by atoms with E-state index in [0.717, 1.165) is 0 Å². The van der Waals surface area contributed by atoms with Crippen molar-refractivity contribution in [2.24, 2.45) is 23.5 Å². The van der Waals surface area contributed by atoms with Crippen LogP contribution in [0.25, 0.3) is 0 Å². The molecule has 0 aromatic heterocycles. The quantitative estimate of drug-likeness (QED) is 0.0569. The highest BCUT2D eigenvalue weighted by Gasteiger charge is 2.35. The van der Waals surface area contributed by atoms with Crippen molar-refractivity contribution in [3.8, 4) is 0 Å². The van der Waals surface area contributed by atoms with Gasteiger partial charge < -0.3 is 52.7 Å². The molecular weight excluding hydrogens is 765 g/mol. The number of benzene rings is 1. The van der Waals surface area contributed by atoms with Crippen LogP contribution in [0.1, 0.15) is 78.7 Å². The van der Waals surface area contributed by atoms with E-state index >= 15 is 0 Å². The van der Waals surface area contributed by atoms with Crippen LogP contribution in [-0.4, -0.2) is 122 Å². The fraction of sp³-hybridized carbons (Fsp3) is 0.632. The molecule has 0 radical (unpaired) electrons. The number of carboxylic acid groups (broad SMARTS) is 3. The molecule has 0 spiro atoms. The molecule has 57 heavy (non-hydrogen) atoms. The number of aliphatic hydroxyl groups is 1. The third-order valence-corrected chi connectivity index (χ3v) is 9.89. The van der Waals surface area contributed by atoms with Crippen LogP contribution in [-0.2, 0) is 44.8 Å². The molecule has 1 aromatic carbocycles. The zero-order chi connectivity index (χ0) is 43.4. The number of hydrogen-bond donors (Lipinski definition) is 10. The van der Waals surface area contributed by atoms with Gasteiger partial charge in [0, 0.05) is 25.2 Å². The van der Waals surface area contributed by atoms with Gasteiger partial charge in [-0.25, -0.2) is 4.79 Å². The average Bonchev–Trinajstić information content (AvgIpc) is 3.14. The summed E-state index contributed by atoms with van der Waals surface area (Å²) in [4.78, 5) is 100. The fourth-order valence-electron chi connectivity index (χ4n) is 5.73. The second kappa shape index (κ2) is 25.5.